The highest BCUT2D eigenvalue weighted by Gasteiger charge is 2.37. The Morgan fingerprint density at radius 3 is 2.31 bits per heavy atom. The van der Waals surface area contributed by atoms with E-state index in [0.717, 1.165) is 8.78 Å². The van der Waals surface area contributed by atoms with E-state index in [1.54, 1.807) is 25.1 Å². The van der Waals surface area contributed by atoms with Crippen molar-refractivity contribution in [1.29, 1.82) is 0 Å². The van der Waals surface area contributed by atoms with Crippen molar-refractivity contribution in [2.45, 2.75) is 44.7 Å². The topological polar surface area (TPSA) is 63.7 Å². The molecular weight excluding hydrogens is 461 g/mol. The number of sulfonamides is 1. The minimum atomic E-state index is -4.10. The maximum atomic E-state index is 14.3. The van der Waals surface area contributed by atoms with Gasteiger partial charge in [-0.1, -0.05) is 48.0 Å². The third kappa shape index (κ3) is 6.10. The molecule has 0 aromatic heterocycles. The second-order valence-corrected chi connectivity index (χ2v) is 9.80. The summed E-state index contributed by atoms with van der Waals surface area (Å²) in [6.45, 7) is 5.29. The van der Waals surface area contributed by atoms with E-state index >= 15 is 0 Å². The van der Waals surface area contributed by atoms with Gasteiger partial charge in [-0.3, -0.25) is 4.79 Å². The summed E-state index contributed by atoms with van der Waals surface area (Å²) in [5, 5.41) is 0. The van der Waals surface area contributed by atoms with Crippen LogP contribution in [0.5, 0.6) is 0 Å². The van der Waals surface area contributed by atoms with Crippen LogP contribution < -0.4 is 0 Å². The smallest absolute Gasteiger partial charge is 0.324 e. The Morgan fingerprint density at radius 2 is 1.76 bits per heavy atom. The monoisotopic (exact) mass is 485 g/mol. The first-order valence-corrected chi connectivity index (χ1v) is 11.6. The van der Waals surface area contributed by atoms with E-state index in [4.69, 9.17) is 4.74 Å². The Labute approximate surface area is 180 Å². The number of ether oxygens (including phenoxy) is 1. The zero-order valence-corrected chi connectivity index (χ0v) is 19.0. The van der Waals surface area contributed by atoms with Crippen molar-refractivity contribution in [3.63, 3.8) is 0 Å². The van der Waals surface area contributed by atoms with Crippen molar-refractivity contribution in [2.24, 2.45) is 5.92 Å². The minimum absolute atomic E-state index is 0.0210. The summed E-state index contributed by atoms with van der Waals surface area (Å²) in [5.41, 5.74) is 0.186. The number of rotatable bonds is 9. The van der Waals surface area contributed by atoms with E-state index in [1.807, 2.05) is 13.8 Å². The van der Waals surface area contributed by atoms with Gasteiger partial charge < -0.3 is 4.74 Å². The van der Waals surface area contributed by atoms with Gasteiger partial charge in [-0.15, -0.1) is 0 Å². The quantitative estimate of drug-likeness (QED) is 0.480. The van der Waals surface area contributed by atoms with Gasteiger partial charge in [0.25, 0.3) is 0 Å². The highest BCUT2D eigenvalue weighted by molar-refractivity contribution is 9.10. The van der Waals surface area contributed by atoms with Crippen LogP contribution in [-0.4, -0.2) is 31.3 Å². The molecule has 8 heteroatoms. The number of hydrogen-bond acceptors (Lipinski definition) is 4. The molecule has 2 rings (SSSR count). The second-order valence-electron chi connectivity index (χ2n) is 6.99. The maximum absolute atomic E-state index is 14.3. The molecule has 0 saturated heterocycles. The molecule has 0 amide bonds. The summed E-state index contributed by atoms with van der Waals surface area (Å²) < 4.78 is 48.2. The van der Waals surface area contributed by atoms with Gasteiger partial charge in [0.05, 0.1) is 11.5 Å². The summed E-state index contributed by atoms with van der Waals surface area (Å²) in [7, 11) is -4.10. The van der Waals surface area contributed by atoms with Gasteiger partial charge >= 0.3 is 5.97 Å². The highest BCUT2D eigenvalue weighted by atomic mass is 79.9. The zero-order chi connectivity index (χ0) is 21.6. The largest absolute Gasteiger partial charge is 0.465 e. The number of esters is 1. The van der Waals surface area contributed by atoms with Crippen LogP contribution in [-0.2, 0) is 26.1 Å². The SMILES string of the molecule is CCOC(=O)[C@H](CC(C)C)N(Cc1ccccc1F)S(=O)(=O)c1ccc(Br)cc1. The molecule has 2 aromatic carbocycles. The lowest BCUT2D eigenvalue weighted by molar-refractivity contribution is -0.148. The van der Waals surface area contributed by atoms with Crippen molar-refractivity contribution >= 4 is 31.9 Å². The van der Waals surface area contributed by atoms with E-state index in [1.165, 1.54) is 30.3 Å². The van der Waals surface area contributed by atoms with Crippen LogP contribution in [0.3, 0.4) is 0 Å². The van der Waals surface area contributed by atoms with Gasteiger partial charge in [-0.2, -0.15) is 4.31 Å². The lowest BCUT2D eigenvalue weighted by atomic mass is 10.0. The van der Waals surface area contributed by atoms with Crippen molar-refractivity contribution < 1.29 is 22.3 Å². The lowest BCUT2D eigenvalue weighted by Gasteiger charge is -2.30. The normalized spacial score (nSPS) is 12.9. The van der Waals surface area contributed by atoms with E-state index < -0.39 is 27.9 Å². The molecule has 0 unspecified atom stereocenters. The molecule has 158 valence electrons. The third-order valence-corrected chi connectivity index (χ3v) is 6.70. The molecule has 0 fully saturated rings. The number of carbonyl (C=O) groups is 1. The van der Waals surface area contributed by atoms with E-state index in [-0.39, 0.29) is 35.9 Å². The molecule has 0 aliphatic heterocycles. The van der Waals surface area contributed by atoms with Gasteiger partial charge in [0.1, 0.15) is 11.9 Å². The Morgan fingerprint density at radius 1 is 1.14 bits per heavy atom. The molecule has 0 aliphatic rings. The lowest BCUT2D eigenvalue weighted by Crippen LogP contribution is -2.46. The number of hydrogen-bond donors (Lipinski definition) is 0. The van der Waals surface area contributed by atoms with Gasteiger partial charge in [0.15, 0.2) is 0 Å². The molecule has 0 saturated carbocycles. The predicted octanol–water partition coefficient (Wildman–Crippen LogP) is 4.76. The molecule has 0 heterocycles. The molecule has 0 bridgehead atoms. The minimum Gasteiger partial charge on any atom is -0.465 e. The summed E-state index contributed by atoms with van der Waals surface area (Å²) in [5.74, 6) is -1.15. The van der Waals surface area contributed by atoms with Crippen LogP contribution in [0.2, 0.25) is 0 Å². The van der Waals surface area contributed by atoms with Crippen molar-refractivity contribution in [1.82, 2.24) is 4.31 Å². The van der Waals surface area contributed by atoms with Crippen LogP contribution in [0.1, 0.15) is 32.8 Å². The fourth-order valence-corrected chi connectivity index (χ4v) is 4.75. The average molecular weight is 486 g/mol. The molecule has 2 aromatic rings. The number of nitrogens with zero attached hydrogens (tertiary/aromatic N) is 1. The van der Waals surface area contributed by atoms with Crippen LogP contribution in [0.25, 0.3) is 0 Å². The Kier molecular flexibility index (Phi) is 8.36. The first-order chi connectivity index (χ1) is 13.7. The second kappa shape index (κ2) is 10.3. The molecule has 1 atom stereocenters. The van der Waals surface area contributed by atoms with Gasteiger partial charge in [0.2, 0.25) is 10.0 Å². The Balaban J connectivity index is 2.57. The highest BCUT2D eigenvalue weighted by Crippen LogP contribution is 2.27. The first-order valence-electron chi connectivity index (χ1n) is 9.34. The van der Waals surface area contributed by atoms with Gasteiger partial charge in [-0.05, 0) is 49.6 Å². The molecule has 5 nitrogen and oxygen atoms in total. The fourth-order valence-electron chi connectivity index (χ4n) is 2.92. The van der Waals surface area contributed by atoms with Crippen LogP contribution >= 0.6 is 15.9 Å². The summed E-state index contributed by atoms with van der Waals surface area (Å²) in [4.78, 5) is 12.7. The van der Waals surface area contributed by atoms with Crippen molar-refractivity contribution in [3.05, 3.63) is 64.4 Å². The summed E-state index contributed by atoms with van der Waals surface area (Å²) >= 11 is 3.29. The predicted molar refractivity (Wildman–Crippen MR) is 113 cm³/mol. The van der Waals surface area contributed by atoms with E-state index in [0.29, 0.717) is 0 Å². The standard InChI is InChI=1S/C21H25BrFNO4S/c1-4-28-21(25)20(13-15(2)3)24(14-16-7-5-6-8-19(16)23)29(26,27)18-11-9-17(22)10-12-18/h5-12,15,20H,4,13-14H2,1-3H3/t20-/m0/s1. The summed E-state index contributed by atoms with van der Waals surface area (Å²) in [6, 6.07) is 11.0. The van der Waals surface area contributed by atoms with Crippen LogP contribution in [0.15, 0.2) is 57.9 Å². The van der Waals surface area contributed by atoms with Gasteiger partial charge in [0, 0.05) is 16.6 Å². The molecule has 0 radical (unpaired) electrons. The molecule has 29 heavy (non-hydrogen) atoms. The van der Waals surface area contributed by atoms with Crippen LogP contribution in [0, 0.1) is 11.7 Å². The molecular formula is C21H25BrFNO4S. The fraction of sp³-hybridized carbons (Fsp3) is 0.381. The van der Waals surface area contributed by atoms with Gasteiger partial charge in [-0.25, -0.2) is 12.8 Å². The van der Waals surface area contributed by atoms with Crippen molar-refractivity contribution in [2.75, 3.05) is 6.61 Å². The number of carbonyl (C=O) groups excluding carboxylic acids is 1. The van der Waals surface area contributed by atoms with Crippen molar-refractivity contribution in [3.8, 4) is 0 Å². The summed E-state index contributed by atoms with van der Waals surface area (Å²) in [6.07, 6.45) is 0.253. The number of benzene rings is 2. The Bertz CT molecular complexity index is 932. The molecule has 0 aliphatic carbocycles. The third-order valence-electron chi connectivity index (χ3n) is 4.31. The zero-order valence-electron chi connectivity index (χ0n) is 16.6. The maximum Gasteiger partial charge on any atom is 0.324 e. The average Bonchev–Trinajstić information content (AvgIpc) is 2.66. The molecule has 0 N–H and O–H groups in total. The van der Waals surface area contributed by atoms with E-state index in [2.05, 4.69) is 15.9 Å². The Hall–Kier alpha value is -1.77. The first kappa shape index (κ1) is 23.5. The van der Waals surface area contributed by atoms with E-state index in [9.17, 15) is 17.6 Å². The number of halogens is 2. The van der Waals surface area contributed by atoms with Crippen LogP contribution in [0.4, 0.5) is 4.39 Å². The molecule has 0 spiro atoms.